The van der Waals surface area contributed by atoms with Gasteiger partial charge in [0.15, 0.2) is 11.6 Å². The first-order valence-electron chi connectivity index (χ1n) is 6.83. The largest absolute Gasteiger partial charge is 0.493 e. The summed E-state index contributed by atoms with van der Waals surface area (Å²) in [6.45, 7) is 3.74. The summed E-state index contributed by atoms with van der Waals surface area (Å²) in [5.74, 6) is -1.15. The van der Waals surface area contributed by atoms with Crippen LogP contribution >= 0.6 is 0 Å². The SMILES string of the molecule is COc1c(C(C)C)cc(F)c(/C=C/c2ccccc2)c1F. The van der Waals surface area contributed by atoms with Crippen LogP contribution in [-0.4, -0.2) is 7.11 Å². The highest BCUT2D eigenvalue weighted by Crippen LogP contribution is 2.33. The lowest BCUT2D eigenvalue weighted by atomic mass is 9.98. The molecule has 0 unspecified atom stereocenters. The fourth-order valence-corrected chi connectivity index (χ4v) is 2.17. The summed E-state index contributed by atoms with van der Waals surface area (Å²) >= 11 is 0. The monoisotopic (exact) mass is 288 g/mol. The van der Waals surface area contributed by atoms with E-state index in [4.69, 9.17) is 4.74 Å². The molecule has 0 spiro atoms. The van der Waals surface area contributed by atoms with E-state index >= 15 is 0 Å². The molecule has 0 aromatic heterocycles. The average Bonchev–Trinajstić information content (AvgIpc) is 2.47. The molecule has 0 aliphatic carbocycles. The van der Waals surface area contributed by atoms with Gasteiger partial charge in [-0.25, -0.2) is 8.78 Å². The maximum absolute atomic E-state index is 14.4. The molecular weight excluding hydrogens is 270 g/mol. The molecular formula is C18H18F2O. The zero-order valence-electron chi connectivity index (χ0n) is 12.4. The second-order valence-electron chi connectivity index (χ2n) is 5.11. The second kappa shape index (κ2) is 6.53. The number of hydrogen-bond acceptors (Lipinski definition) is 1. The van der Waals surface area contributed by atoms with E-state index in [0.717, 1.165) is 5.56 Å². The van der Waals surface area contributed by atoms with Crippen molar-refractivity contribution in [3.8, 4) is 5.75 Å². The molecule has 21 heavy (non-hydrogen) atoms. The van der Waals surface area contributed by atoms with Crippen LogP contribution in [0.3, 0.4) is 0 Å². The minimum Gasteiger partial charge on any atom is -0.493 e. The van der Waals surface area contributed by atoms with Gasteiger partial charge >= 0.3 is 0 Å². The van der Waals surface area contributed by atoms with Gasteiger partial charge in [0, 0.05) is 11.1 Å². The van der Waals surface area contributed by atoms with Gasteiger partial charge in [-0.2, -0.15) is 0 Å². The number of rotatable bonds is 4. The van der Waals surface area contributed by atoms with Gasteiger partial charge in [-0.3, -0.25) is 0 Å². The van der Waals surface area contributed by atoms with E-state index < -0.39 is 11.6 Å². The van der Waals surface area contributed by atoms with Crippen molar-refractivity contribution in [2.45, 2.75) is 19.8 Å². The summed E-state index contributed by atoms with van der Waals surface area (Å²) in [7, 11) is 1.40. The first-order valence-corrected chi connectivity index (χ1v) is 6.83. The minimum atomic E-state index is -0.659. The third-order valence-corrected chi connectivity index (χ3v) is 3.31. The van der Waals surface area contributed by atoms with Crippen molar-refractivity contribution >= 4 is 12.2 Å². The Morgan fingerprint density at radius 2 is 1.71 bits per heavy atom. The Kier molecular flexibility index (Phi) is 4.73. The number of benzene rings is 2. The van der Waals surface area contributed by atoms with Crippen LogP contribution in [0.2, 0.25) is 0 Å². The smallest absolute Gasteiger partial charge is 0.175 e. The highest BCUT2D eigenvalue weighted by atomic mass is 19.1. The Balaban J connectivity index is 2.47. The zero-order valence-corrected chi connectivity index (χ0v) is 12.4. The zero-order chi connectivity index (χ0) is 15.4. The normalized spacial score (nSPS) is 11.3. The Morgan fingerprint density at radius 3 is 2.29 bits per heavy atom. The number of ether oxygens (including phenoxy) is 1. The molecule has 2 aromatic carbocycles. The van der Waals surface area contributed by atoms with Crippen LogP contribution in [0.25, 0.3) is 12.2 Å². The molecule has 0 saturated heterocycles. The van der Waals surface area contributed by atoms with Gasteiger partial charge in [-0.05, 0) is 23.6 Å². The summed E-state index contributed by atoms with van der Waals surface area (Å²) < 4.78 is 33.7. The number of hydrogen-bond donors (Lipinski definition) is 0. The molecule has 0 aliphatic heterocycles. The molecule has 0 N–H and O–H groups in total. The molecule has 0 heterocycles. The molecule has 2 rings (SSSR count). The maximum atomic E-state index is 14.4. The van der Waals surface area contributed by atoms with E-state index in [-0.39, 0.29) is 17.2 Å². The van der Waals surface area contributed by atoms with Gasteiger partial charge in [0.1, 0.15) is 5.82 Å². The molecule has 2 aromatic rings. The summed E-state index contributed by atoms with van der Waals surface area (Å²) in [5.41, 5.74) is 1.33. The van der Waals surface area contributed by atoms with Crippen molar-refractivity contribution in [2.75, 3.05) is 7.11 Å². The molecule has 0 aliphatic rings. The molecule has 3 heteroatoms. The number of methoxy groups -OCH3 is 1. The van der Waals surface area contributed by atoms with Gasteiger partial charge in [-0.15, -0.1) is 0 Å². The number of halogens is 2. The Hall–Kier alpha value is -2.16. The predicted molar refractivity (Wildman–Crippen MR) is 82.4 cm³/mol. The Morgan fingerprint density at radius 1 is 1.05 bits per heavy atom. The fraction of sp³-hybridized carbons (Fsp3) is 0.222. The van der Waals surface area contributed by atoms with Crippen LogP contribution in [-0.2, 0) is 0 Å². The highest BCUT2D eigenvalue weighted by molar-refractivity contribution is 5.71. The third kappa shape index (κ3) is 3.30. The molecule has 0 bridgehead atoms. The van der Waals surface area contributed by atoms with E-state index in [1.807, 2.05) is 44.2 Å². The van der Waals surface area contributed by atoms with Crippen molar-refractivity contribution in [1.82, 2.24) is 0 Å². The lowest BCUT2D eigenvalue weighted by Crippen LogP contribution is -2.02. The van der Waals surface area contributed by atoms with Gasteiger partial charge in [-0.1, -0.05) is 50.3 Å². The van der Waals surface area contributed by atoms with Gasteiger partial charge in [0.05, 0.1) is 7.11 Å². The summed E-state index contributed by atoms with van der Waals surface area (Å²) in [4.78, 5) is 0. The fourth-order valence-electron chi connectivity index (χ4n) is 2.17. The summed E-state index contributed by atoms with van der Waals surface area (Å²) in [6, 6.07) is 10.7. The molecule has 0 amide bonds. The average molecular weight is 288 g/mol. The van der Waals surface area contributed by atoms with Gasteiger partial charge < -0.3 is 4.74 Å². The van der Waals surface area contributed by atoms with Crippen LogP contribution in [0.4, 0.5) is 8.78 Å². The van der Waals surface area contributed by atoms with Crippen LogP contribution in [0.1, 0.15) is 36.5 Å². The molecule has 0 radical (unpaired) electrons. The van der Waals surface area contributed by atoms with Gasteiger partial charge in [0.25, 0.3) is 0 Å². The van der Waals surface area contributed by atoms with E-state index in [2.05, 4.69) is 0 Å². The van der Waals surface area contributed by atoms with Crippen molar-refractivity contribution in [1.29, 1.82) is 0 Å². The van der Waals surface area contributed by atoms with E-state index in [0.29, 0.717) is 5.56 Å². The van der Waals surface area contributed by atoms with Crippen LogP contribution in [0.15, 0.2) is 36.4 Å². The van der Waals surface area contributed by atoms with Crippen molar-refractivity contribution in [3.05, 3.63) is 64.7 Å². The first-order chi connectivity index (χ1) is 10.0. The van der Waals surface area contributed by atoms with E-state index in [9.17, 15) is 8.78 Å². The predicted octanol–water partition coefficient (Wildman–Crippen LogP) is 5.27. The van der Waals surface area contributed by atoms with Crippen molar-refractivity contribution < 1.29 is 13.5 Å². The quantitative estimate of drug-likeness (QED) is 0.697. The highest BCUT2D eigenvalue weighted by Gasteiger charge is 2.19. The second-order valence-corrected chi connectivity index (χ2v) is 5.11. The maximum Gasteiger partial charge on any atom is 0.175 e. The topological polar surface area (TPSA) is 9.23 Å². The Labute approximate surface area is 123 Å². The van der Waals surface area contributed by atoms with E-state index in [1.54, 1.807) is 6.08 Å². The molecule has 1 nitrogen and oxygen atoms in total. The van der Waals surface area contributed by atoms with Crippen LogP contribution < -0.4 is 4.74 Å². The van der Waals surface area contributed by atoms with E-state index in [1.165, 1.54) is 19.3 Å². The van der Waals surface area contributed by atoms with Crippen LogP contribution in [0.5, 0.6) is 5.75 Å². The van der Waals surface area contributed by atoms with Crippen LogP contribution in [0, 0.1) is 11.6 Å². The van der Waals surface area contributed by atoms with Crippen molar-refractivity contribution in [3.63, 3.8) is 0 Å². The Bertz CT molecular complexity index is 646. The standard InChI is InChI=1S/C18H18F2O/c1-12(2)15-11-16(19)14(17(20)18(15)21-3)10-9-13-7-5-4-6-8-13/h4-12H,1-3H3/b10-9+. The lowest BCUT2D eigenvalue weighted by Gasteiger charge is -2.14. The lowest BCUT2D eigenvalue weighted by molar-refractivity contribution is 0.376. The minimum absolute atomic E-state index is 0.0175. The molecule has 0 atom stereocenters. The first kappa shape index (κ1) is 15.2. The summed E-state index contributed by atoms with van der Waals surface area (Å²) in [6.07, 6.45) is 3.11. The molecule has 0 fully saturated rings. The molecule has 110 valence electrons. The molecule has 0 saturated carbocycles. The summed E-state index contributed by atoms with van der Waals surface area (Å²) in [5, 5.41) is 0. The van der Waals surface area contributed by atoms with Crippen molar-refractivity contribution in [2.24, 2.45) is 0 Å². The third-order valence-electron chi connectivity index (χ3n) is 3.31. The van der Waals surface area contributed by atoms with Gasteiger partial charge in [0.2, 0.25) is 0 Å².